The van der Waals surface area contributed by atoms with Crippen LogP contribution in [0.4, 0.5) is 10.7 Å². The maximum atomic E-state index is 13.1. The summed E-state index contributed by atoms with van der Waals surface area (Å²) in [4.78, 5) is 36.6. The van der Waals surface area contributed by atoms with Gasteiger partial charge in [0.25, 0.3) is 11.6 Å². The van der Waals surface area contributed by atoms with Gasteiger partial charge in [-0.05, 0) is 29.3 Å². The summed E-state index contributed by atoms with van der Waals surface area (Å²) >= 11 is 1.17. The zero-order valence-electron chi connectivity index (χ0n) is 17.0. The van der Waals surface area contributed by atoms with Crippen molar-refractivity contribution in [2.75, 3.05) is 11.9 Å². The number of benzene rings is 3. The molecule has 0 bridgehead atoms. The number of carbonyl (C=O) groups excluding carboxylic acids is 2. The second-order valence-electron chi connectivity index (χ2n) is 6.86. The molecule has 4 rings (SSSR count). The van der Waals surface area contributed by atoms with Gasteiger partial charge in [0.05, 0.1) is 11.5 Å². The number of rotatable bonds is 6. The van der Waals surface area contributed by atoms with Crippen molar-refractivity contribution in [2.24, 2.45) is 0 Å². The average Bonchev–Trinajstić information content (AvgIpc) is 3.22. The van der Waals surface area contributed by atoms with Gasteiger partial charge in [-0.1, -0.05) is 48.5 Å². The number of hydrogen-bond acceptors (Lipinski definition) is 6. The standard InChI is InChI=1S/C24H18N2O5S/c1-2-31-24(28)21-20(16-9-5-10-17(13-16)26(29)30)14-32-23(21)25-22(27)19-12-6-8-15-7-3-4-11-18(15)19/h3-14H,2H2,1H3,(H,25,27). The maximum Gasteiger partial charge on any atom is 0.341 e. The van der Waals surface area contributed by atoms with Crippen LogP contribution in [-0.2, 0) is 4.74 Å². The molecule has 1 heterocycles. The molecule has 1 N–H and O–H groups in total. The van der Waals surface area contributed by atoms with E-state index < -0.39 is 10.9 Å². The lowest BCUT2D eigenvalue weighted by molar-refractivity contribution is -0.384. The number of esters is 1. The molecule has 32 heavy (non-hydrogen) atoms. The monoisotopic (exact) mass is 446 g/mol. The van der Waals surface area contributed by atoms with Gasteiger partial charge in [0.15, 0.2) is 0 Å². The van der Waals surface area contributed by atoms with Crippen molar-refractivity contribution in [3.8, 4) is 11.1 Å². The van der Waals surface area contributed by atoms with Gasteiger partial charge in [-0.3, -0.25) is 14.9 Å². The van der Waals surface area contributed by atoms with Gasteiger partial charge >= 0.3 is 5.97 Å². The highest BCUT2D eigenvalue weighted by molar-refractivity contribution is 7.15. The molecular weight excluding hydrogens is 428 g/mol. The van der Waals surface area contributed by atoms with Gasteiger partial charge in [-0.15, -0.1) is 11.3 Å². The molecule has 1 aromatic heterocycles. The Bertz CT molecular complexity index is 1340. The first-order chi connectivity index (χ1) is 15.5. The van der Waals surface area contributed by atoms with Crippen molar-refractivity contribution in [3.05, 3.63) is 93.4 Å². The van der Waals surface area contributed by atoms with Crippen LogP contribution in [0, 0.1) is 10.1 Å². The molecule has 0 saturated heterocycles. The van der Waals surface area contributed by atoms with Crippen LogP contribution < -0.4 is 5.32 Å². The number of thiophene rings is 1. The lowest BCUT2D eigenvalue weighted by Gasteiger charge is -2.10. The van der Waals surface area contributed by atoms with Crippen molar-refractivity contribution in [1.29, 1.82) is 0 Å². The fourth-order valence-corrected chi connectivity index (χ4v) is 4.40. The highest BCUT2D eigenvalue weighted by atomic mass is 32.1. The van der Waals surface area contributed by atoms with Crippen LogP contribution in [0.2, 0.25) is 0 Å². The van der Waals surface area contributed by atoms with E-state index in [1.165, 1.54) is 23.5 Å². The topological polar surface area (TPSA) is 98.5 Å². The number of non-ortho nitro benzene ring substituents is 1. The summed E-state index contributed by atoms with van der Waals surface area (Å²) < 4.78 is 5.21. The van der Waals surface area contributed by atoms with E-state index in [2.05, 4.69) is 5.32 Å². The lowest BCUT2D eigenvalue weighted by atomic mass is 10.0. The van der Waals surface area contributed by atoms with E-state index in [-0.39, 0.29) is 23.8 Å². The number of nitrogens with zero attached hydrogens (tertiary/aromatic N) is 1. The summed E-state index contributed by atoms with van der Waals surface area (Å²) in [5.41, 5.74) is 1.51. The molecule has 0 unspecified atom stereocenters. The second-order valence-corrected chi connectivity index (χ2v) is 7.74. The van der Waals surface area contributed by atoms with Crippen molar-refractivity contribution < 1.29 is 19.2 Å². The SMILES string of the molecule is CCOC(=O)c1c(-c2cccc([N+](=O)[O-])c2)csc1NC(=O)c1cccc2ccccc12. The van der Waals surface area contributed by atoms with E-state index in [1.54, 1.807) is 36.6 Å². The van der Waals surface area contributed by atoms with Crippen molar-refractivity contribution in [2.45, 2.75) is 6.92 Å². The lowest BCUT2D eigenvalue weighted by Crippen LogP contribution is -2.15. The largest absolute Gasteiger partial charge is 0.462 e. The minimum absolute atomic E-state index is 0.0927. The van der Waals surface area contributed by atoms with Crippen LogP contribution in [0.15, 0.2) is 72.1 Å². The van der Waals surface area contributed by atoms with Crippen LogP contribution in [0.5, 0.6) is 0 Å². The molecule has 0 aliphatic rings. The summed E-state index contributed by atoms with van der Waals surface area (Å²) in [6.07, 6.45) is 0. The third-order valence-electron chi connectivity index (χ3n) is 4.90. The molecule has 3 aromatic carbocycles. The summed E-state index contributed by atoms with van der Waals surface area (Å²) in [5.74, 6) is -0.969. The quantitative estimate of drug-likeness (QED) is 0.226. The van der Waals surface area contributed by atoms with Gasteiger partial charge < -0.3 is 10.1 Å². The van der Waals surface area contributed by atoms with Gasteiger partial charge in [0.2, 0.25) is 0 Å². The minimum atomic E-state index is -0.608. The van der Waals surface area contributed by atoms with Crippen LogP contribution in [-0.4, -0.2) is 23.4 Å². The fraction of sp³-hybridized carbons (Fsp3) is 0.0833. The molecule has 0 aliphatic heterocycles. The summed E-state index contributed by atoms with van der Waals surface area (Å²) in [5, 5.41) is 17.7. The van der Waals surface area contributed by atoms with Crippen molar-refractivity contribution >= 4 is 44.7 Å². The van der Waals surface area contributed by atoms with Crippen LogP contribution in [0.1, 0.15) is 27.6 Å². The van der Waals surface area contributed by atoms with Gasteiger partial charge in [-0.2, -0.15) is 0 Å². The molecule has 0 aliphatic carbocycles. The number of fused-ring (bicyclic) bond motifs is 1. The second kappa shape index (κ2) is 8.99. The molecule has 0 radical (unpaired) electrons. The van der Waals surface area contributed by atoms with E-state index in [4.69, 9.17) is 4.74 Å². The number of ether oxygens (including phenoxy) is 1. The first kappa shape index (κ1) is 21.2. The average molecular weight is 446 g/mol. The Morgan fingerprint density at radius 3 is 2.59 bits per heavy atom. The molecule has 0 saturated carbocycles. The van der Waals surface area contributed by atoms with Crippen molar-refractivity contribution in [3.63, 3.8) is 0 Å². The van der Waals surface area contributed by atoms with E-state index in [0.717, 1.165) is 10.8 Å². The summed E-state index contributed by atoms with van der Waals surface area (Å²) in [6.45, 7) is 1.84. The van der Waals surface area contributed by atoms with E-state index >= 15 is 0 Å². The number of nitro groups is 1. The number of nitrogens with one attached hydrogen (secondary N) is 1. The van der Waals surface area contributed by atoms with Gasteiger partial charge in [0.1, 0.15) is 10.6 Å². The predicted molar refractivity (Wildman–Crippen MR) is 124 cm³/mol. The molecule has 4 aromatic rings. The van der Waals surface area contributed by atoms with Crippen LogP contribution in [0.25, 0.3) is 21.9 Å². The molecule has 0 atom stereocenters. The molecule has 160 valence electrons. The van der Waals surface area contributed by atoms with Crippen LogP contribution >= 0.6 is 11.3 Å². The normalized spacial score (nSPS) is 10.7. The molecular formula is C24H18N2O5S. The Morgan fingerprint density at radius 2 is 1.81 bits per heavy atom. The highest BCUT2D eigenvalue weighted by Crippen LogP contribution is 2.37. The van der Waals surface area contributed by atoms with Gasteiger partial charge in [-0.25, -0.2) is 4.79 Å². The van der Waals surface area contributed by atoms with Crippen LogP contribution in [0.3, 0.4) is 0 Å². The Hall–Kier alpha value is -4.04. The summed E-state index contributed by atoms with van der Waals surface area (Å²) in [6, 6.07) is 19.0. The number of amides is 1. The Kier molecular flexibility index (Phi) is 5.96. The first-order valence-electron chi connectivity index (χ1n) is 9.82. The zero-order valence-corrected chi connectivity index (χ0v) is 17.8. The number of carbonyl (C=O) groups is 2. The smallest absolute Gasteiger partial charge is 0.341 e. The van der Waals surface area contributed by atoms with E-state index in [0.29, 0.717) is 21.7 Å². The number of nitro benzene ring substituents is 1. The molecule has 1 amide bonds. The van der Waals surface area contributed by atoms with Gasteiger partial charge in [0, 0.05) is 28.6 Å². The third-order valence-corrected chi connectivity index (χ3v) is 5.80. The Morgan fingerprint density at radius 1 is 1.06 bits per heavy atom. The maximum absolute atomic E-state index is 13.1. The number of anilines is 1. The minimum Gasteiger partial charge on any atom is -0.462 e. The zero-order chi connectivity index (χ0) is 22.7. The molecule has 0 spiro atoms. The van der Waals surface area contributed by atoms with E-state index in [1.807, 2.05) is 30.3 Å². The third kappa shape index (κ3) is 4.08. The molecule has 7 nitrogen and oxygen atoms in total. The van der Waals surface area contributed by atoms with Crippen molar-refractivity contribution in [1.82, 2.24) is 0 Å². The van der Waals surface area contributed by atoms with E-state index in [9.17, 15) is 19.7 Å². The molecule has 0 fully saturated rings. The summed E-state index contributed by atoms with van der Waals surface area (Å²) in [7, 11) is 0. The Balaban J connectivity index is 1.76. The Labute approximate surface area is 187 Å². The number of hydrogen-bond donors (Lipinski definition) is 1. The highest BCUT2D eigenvalue weighted by Gasteiger charge is 2.24. The fourth-order valence-electron chi connectivity index (χ4n) is 3.45. The predicted octanol–water partition coefficient (Wildman–Crippen LogP) is 5.91. The first-order valence-corrected chi connectivity index (χ1v) is 10.7. The molecule has 8 heteroatoms.